The van der Waals surface area contributed by atoms with Crippen molar-refractivity contribution in [2.24, 2.45) is 0 Å². The van der Waals surface area contributed by atoms with Gasteiger partial charge >= 0.3 is 140 Å². The van der Waals surface area contributed by atoms with E-state index in [1.807, 2.05) is 42.5 Å². The van der Waals surface area contributed by atoms with Crippen LogP contribution in [0.25, 0.3) is 10.8 Å². The minimum atomic E-state index is -2.50. The zero-order chi connectivity index (χ0) is 16.6. The fourth-order valence-electron chi connectivity index (χ4n) is 2.62. The second-order valence-electron chi connectivity index (χ2n) is 6.64. The van der Waals surface area contributed by atoms with E-state index in [9.17, 15) is 8.23 Å². The van der Waals surface area contributed by atoms with E-state index in [0.29, 0.717) is 9.85 Å². The molecule has 0 saturated carbocycles. The SMILES string of the molecule is CC(C)(C)c1ccc([Se](=O)c2cccc3cccc(F)c23)cc1. The molecule has 0 spiro atoms. The van der Waals surface area contributed by atoms with Crippen LogP contribution in [0.15, 0.2) is 60.7 Å². The molecule has 0 aliphatic carbocycles. The van der Waals surface area contributed by atoms with E-state index in [1.165, 1.54) is 11.6 Å². The average Bonchev–Trinajstić information content (AvgIpc) is 2.53. The van der Waals surface area contributed by atoms with Gasteiger partial charge in [-0.25, -0.2) is 0 Å². The van der Waals surface area contributed by atoms with Gasteiger partial charge < -0.3 is 0 Å². The van der Waals surface area contributed by atoms with Gasteiger partial charge in [-0.15, -0.1) is 0 Å². The van der Waals surface area contributed by atoms with Gasteiger partial charge in [0.25, 0.3) is 0 Å². The van der Waals surface area contributed by atoms with Crippen molar-refractivity contribution < 1.29 is 8.23 Å². The number of hydrogen-bond acceptors (Lipinski definition) is 1. The van der Waals surface area contributed by atoms with Crippen molar-refractivity contribution in [2.45, 2.75) is 26.2 Å². The number of fused-ring (bicyclic) bond motifs is 1. The van der Waals surface area contributed by atoms with E-state index < -0.39 is 13.8 Å². The first-order valence-corrected chi connectivity index (χ1v) is 9.99. The molecule has 0 aliphatic rings. The summed E-state index contributed by atoms with van der Waals surface area (Å²) in [6, 6.07) is 18.3. The average molecular weight is 373 g/mol. The Morgan fingerprint density at radius 3 is 2.09 bits per heavy atom. The Hall–Kier alpha value is -1.83. The molecule has 0 amide bonds. The quantitative estimate of drug-likeness (QED) is 0.625. The molecule has 0 radical (unpaired) electrons. The molecular formula is C20H19FOSe. The summed E-state index contributed by atoms with van der Waals surface area (Å²) in [5, 5.41) is 1.27. The predicted molar refractivity (Wildman–Crippen MR) is 94.8 cm³/mol. The summed E-state index contributed by atoms with van der Waals surface area (Å²) in [6.07, 6.45) is 0. The Bertz CT molecular complexity index is 871. The molecule has 0 bridgehead atoms. The van der Waals surface area contributed by atoms with Gasteiger partial charge in [0, 0.05) is 0 Å². The van der Waals surface area contributed by atoms with Gasteiger partial charge in [-0.05, 0) is 0 Å². The summed E-state index contributed by atoms with van der Waals surface area (Å²) < 4.78 is 28.6. The molecule has 0 aliphatic heterocycles. The van der Waals surface area contributed by atoms with E-state index in [2.05, 4.69) is 20.8 Å². The molecule has 0 fully saturated rings. The number of hydrogen-bond donors (Lipinski definition) is 0. The zero-order valence-corrected chi connectivity index (χ0v) is 15.2. The third-order valence-corrected chi connectivity index (χ3v) is 6.97. The predicted octanol–water partition coefficient (Wildman–Crippen LogP) is 3.81. The van der Waals surface area contributed by atoms with Crippen molar-refractivity contribution in [1.29, 1.82) is 0 Å². The van der Waals surface area contributed by atoms with E-state index in [1.54, 1.807) is 12.1 Å². The van der Waals surface area contributed by atoms with Crippen LogP contribution in [-0.2, 0) is 9.25 Å². The van der Waals surface area contributed by atoms with Gasteiger partial charge in [0.2, 0.25) is 0 Å². The van der Waals surface area contributed by atoms with Crippen molar-refractivity contribution in [1.82, 2.24) is 0 Å². The third-order valence-electron chi connectivity index (χ3n) is 3.95. The van der Waals surface area contributed by atoms with Gasteiger partial charge in [0.1, 0.15) is 0 Å². The Morgan fingerprint density at radius 2 is 1.48 bits per heavy atom. The normalized spacial score (nSPS) is 13.2. The van der Waals surface area contributed by atoms with Crippen LogP contribution >= 0.6 is 0 Å². The van der Waals surface area contributed by atoms with E-state index in [-0.39, 0.29) is 11.2 Å². The van der Waals surface area contributed by atoms with E-state index >= 15 is 0 Å². The molecule has 3 heteroatoms. The molecule has 0 aromatic heterocycles. The van der Waals surface area contributed by atoms with Gasteiger partial charge in [-0.2, -0.15) is 0 Å². The molecule has 0 heterocycles. The molecule has 1 atom stereocenters. The first-order chi connectivity index (χ1) is 10.9. The van der Waals surface area contributed by atoms with Crippen LogP contribution in [0.5, 0.6) is 0 Å². The van der Waals surface area contributed by atoms with Gasteiger partial charge in [-0.3, -0.25) is 0 Å². The minimum absolute atomic E-state index is 0.0580. The van der Waals surface area contributed by atoms with Gasteiger partial charge in [0.15, 0.2) is 0 Å². The van der Waals surface area contributed by atoms with Crippen LogP contribution in [0.2, 0.25) is 0 Å². The molecule has 23 heavy (non-hydrogen) atoms. The summed E-state index contributed by atoms with van der Waals surface area (Å²) in [6.45, 7) is 6.44. The molecular weight excluding hydrogens is 354 g/mol. The molecule has 1 nitrogen and oxygen atoms in total. The molecule has 1 unspecified atom stereocenters. The molecule has 0 N–H and O–H groups in total. The summed E-state index contributed by atoms with van der Waals surface area (Å²) in [5.41, 5.74) is 1.26. The van der Waals surface area contributed by atoms with Crippen LogP contribution in [0.3, 0.4) is 0 Å². The van der Waals surface area contributed by atoms with Crippen molar-refractivity contribution >= 4 is 33.5 Å². The van der Waals surface area contributed by atoms with Crippen molar-refractivity contribution in [3.8, 4) is 0 Å². The fourth-order valence-corrected chi connectivity index (χ4v) is 5.22. The zero-order valence-electron chi connectivity index (χ0n) is 13.5. The van der Waals surface area contributed by atoms with Crippen molar-refractivity contribution in [3.05, 3.63) is 72.0 Å². The van der Waals surface area contributed by atoms with Crippen LogP contribution in [0, 0.1) is 5.82 Å². The van der Waals surface area contributed by atoms with E-state index in [0.717, 1.165) is 9.85 Å². The Labute approximate surface area is 140 Å². The Kier molecular flexibility index (Phi) is 4.18. The summed E-state index contributed by atoms with van der Waals surface area (Å²) >= 11 is -2.50. The molecule has 0 saturated heterocycles. The van der Waals surface area contributed by atoms with Crippen LogP contribution in [0.1, 0.15) is 26.3 Å². The summed E-state index contributed by atoms with van der Waals surface area (Å²) in [7, 11) is 0. The third kappa shape index (κ3) is 3.12. The van der Waals surface area contributed by atoms with Crippen LogP contribution in [0.4, 0.5) is 4.39 Å². The van der Waals surface area contributed by atoms with Crippen molar-refractivity contribution in [3.63, 3.8) is 0 Å². The standard InChI is InChI=1S/C20H19FOSe/c1-20(2,3)15-10-12-16(13-11-15)23(22)18-9-5-7-14-6-4-8-17(21)19(14)18/h4-13H,1-3H3. The monoisotopic (exact) mass is 374 g/mol. The second-order valence-corrected chi connectivity index (χ2v) is 9.68. The number of benzene rings is 3. The molecule has 118 valence electrons. The van der Waals surface area contributed by atoms with Gasteiger partial charge in [-0.1, -0.05) is 0 Å². The number of halogens is 1. The Balaban J connectivity index is 2.08. The molecule has 3 aromatic rings. The fraction of sp³-hybridized carbons (Fsp3) is 0.200. The van der Waals surface area contributed by atoms with Gasteiger partial charge in [0.05, 0.1) is 0 Å². The van der Waals surface area contributed by atoms with Crippen LogP contribution in [-0.4, -0.2) is 13.8 Å². The molecule has 3 aromatic carbocycles. The molecule has 3 rings (SSSR count). The topological polar surface area (TPSA) is 17.1 Å². The maximum atomic E-state index is 14.2. The van der Waals surface area contributed by atoms with E-state index in [4.69, 9.17) is 0 Å². The summed E-state index contributed by atoms with van der Waals surface area (Å²) in [5.74, 6) is -0.311. The first-order valence-electron chi connectivity index (χ1n) is 7.57. The second kappa shape index (κ2) is 5.99. The summed E-state index contributed by atoms with van der Waals surface area (Å²) in [4.78, 5) is 0. The number of rotatable bonds is 2. The first kappa shape index (κ1) is 16.0. The maximum absolute atomic E-state index is 14.2. The Morgan fingerprint density at radius 1 is 0.870 bits per heavy atom. The van der Waals surface area contributed by atoms with Crippen LogP contribution < -0.4 is 8.92 Å². The van der Waals surface area contributed by atoms with Crippen molar-refractivity contribution in [2.75, 3.05) is 0 Å².